The lowest BCUT2D eigenvalue weighted by molar-refractivity contribution is 1.42. The van der Waals surface area contributed by atoms with Gasteiger partial charge in [0.2, 0.25) is 0 Å². The molecule has 0 spiro atoms. The SMILES string of the molecule is CNc1cccc(-c2cccc3c(C)c[nH]c23)c1. The number of anilines is 1. The summed E-state index contributed by atoms with van der Waals surface area (Å²) in [6, 6.07) is 14.9. The van der Waals surface area contributed by atoms with Crippen LogP contribution in [0.5, 0.6) is 0 Å². The highest BCUT2D eigenvalue weighted by molar-refractivity contribution is 5.96. The number of para-hydroxylation sites is 1. The van der Waals surface area contributed by atoms with Crippen LogP contribution in [0.1, 0.15) is 5.56 Å². The van der Waals surface area contributed by atoms with E-state index in [2.05, 4.69) is 65.9 Å². The predicted molar refractivity (Wildman–Crippen MR) is 78.0 cm³/mol. The van der Waals surface area contributed by atoms with Gasteiger partial charge < -0.3 is 10.3 Å². The Morgan fingerprint density at radius 3 is 2.72 bits per heavy atom. The first-order valence-electron chi connectivity index (χ1n) is 6.14. The number of H-pyrrole nitrogens is 1. The number of nitrogens with one attached hydrogen (secondary N) is 2. The van der Waals surface area contributed by atoms with Gasteiger partial charge in [-0.3, -0.25) is 0 Å². The number of hydrogen-bond acceptors (Lipinski definition) is 1. The lowest BCUT2D eigenvalue weighted by Crippen LogP contribution is -1.88. The number of aryl methyl sites for hydroxylation is 1. The summed E-state index contributed by atoms with van der Waals surface area (Å²) in [5.74, 6) is 0. The quantitative estimate of drug-likeness (QED) is 0.686. The molecule has 0 saturated carbocycles. The van der Waals surface area contributed by atoms with Gasteiger partial charge >= 0.3 is 0 Å². The third-order valence-corrected chi connectivity index (χ3v) is 3.38. The van der Waals surface area contributed by atoms with Gasteiger partial charge in [0.15, 0.2) is 0 Å². The largest absolute Gasteiger partial charge is 0.388 e. The van der Waals surface area contributed by atoms with Crippen molar-refractivity contribution in [3.8, 4) is 11.1 Å². The summed E-state index contributed by atoms with van der Waals surface area (Å²) in [5, 5.41) is 4.47. The molecule has 0 atom stereocenters. The Bertz CT molecular complexity index is 695. The molecule has 18 heavy (non-hydrogen) atoms. The second-order valence-electron chi connectivity index (χ2n) is 4.53. The zero-order valence-electron chi connectivity index (χ0n) is 10.6. The molecule has 0 aliphatic carbocycles. The second-order valence-corrected chi connectivity index (χ2v) is 4.53. The molecule has 3 rings (SSSR count). The predicted octanol–water partition coefficient (Wildman–Crippen LogP) is 4.19. The Morgan fingerprint density at radius 2 is 1.89 bits per heavy atom. The Labute approximate surface area is 107 Å². The molecule has 2 heteroatoms. The number of benzene rings is 2. The van der Waals surface area contributed by atoms with E-state index in [1.54, 1.807) is 0 Å². The molecule has 0 fully saturated rings. The highest BCUT2D eigenvalue weighted by Gasteiger charge is 2.06. The van der Waals surface area contributed by atoms with E-state index >= 15 is 0 Å². The molecule has 1 aromatic heterocycles. The molecule has 90 valence electrons. The summed E-state index contributed by atoms with van der Waals surface area (Å²) in [6.45, 7) is 2.13. The van der Waals surface area contributed by atoms with Crippen LogP contribution in [0.3, 0.4) is 0 Å². The van der Waals surface area contributed by atoms with Crippen LogP contribution in [0.4, 0.5) is 5.69 Å². The van der Waals surface area contributed by atoms with E-state index in [1.807, 2.05) is 7.05 Å². The van der Waals surface area contributed by atoms with Gasteiger partial charge in [0, 0.05) is 29.9 Å². The number of aromatic amines is 1. The average molecular weight is 236 g/mol. The smallest absolute Gasteiger partial charge is 0.0536 e. The van der Waals surface area contributed by atoms with Crippen LogP contribution < -0.4 is 5.32 Å². The summed E-state index contributed by atoms with van der Waals surface area (Å²) in [7, 11) is 1.94. The van der Waals surface area contributed by atoms with E-state index < -0.39 is 0 Å². The third-order valence-electron chi connectivity index (χ3n) is 3.38. The maximum Gasteiger partial charge on any atom is 0.0536 e. The maximum atomic E-state index is 3.37. The fourth-order valence-electron chi connectivity index (χ4n) is 2.38. The first kappa shape index (κ1) is 10.9. The van der Waals surface area contributed by atoms with Crippen molar-refractivity contribution in [2.24, 2.45) is 0 Å². The minimum Gasteiger partial charge on any atom is -0.388 e. The summed E-state index contributed by atoms with van der Waals surface area (Å²) in [6.07, 6.45) is 2.07. The Morgan fingerprint density at radius 1 is 1.06 bits per heavy atom. The van der Waals surface area contributed by atoms with E-state index in [4.69, 9.17) is 0 Å². The van der Waals surface area contributed by atoms with E-state index in [1.165, 1.54) is 27.6 Å². The van der Waals surface area contributed by atoms with Crippen molar-refractivity contribution in [2.75, 3.05) is 12.4 Å². The van der Waals surface area contributed by atoms with E-state index in [9.17, 15) is 0 Å². The van der Waals surface area contributed by atoms with E-state index in [0.29, 0.717) is 0 Å². The first-order valence-corrected chi connectivity index (χ1v) is 6.14. The van der Waals surface area contributed by atoms with Gasteiger partial charge in [-0.25, -0.2) is 0 Å². The monoisotopic (exact) mass is 236 g/mol. The first-order chi connectivity index (χ1) is 8.79. The molecule has 0 unspecified atom stereocenters. The number of hydrogen-bond donors (Lipinski definition) is 2. The Balaban J connectivity index is 2.24. The van der Waals surface area contributed by atoms with Crippen LogP contribution in [-0.2, 0) is 0 Å². The Hall–Kier alpha value is -2.22. The fourth-order valence-corrected chi connectivity index (χ4v) is 2.38. The summed E-state index contributed by atoms with van der Waals surface area (Å²) < 4.78 is 0. The van der Waals surface area contributed by atoms with Crippen LogP contribution in [0, 0.1) is 6.92 Å². The number of aromatic nitrogens is 1. The van der Waals surface area contributed by atoms with Crippen molar-refractivity contribution in [3.63, 3.8) is 0 Å². The lowest BCUT2D eigenvalue weighted by Gasteiger charge is -2.06. The summed E-state index contributed by atoms with van der Waals surface area (Å²) in [4.78, 5) is 3.37. The molecule has 0 radical (unpaired) electrons. The molecule has 0 amide bonds. The van der Waals surface area contributed by atoms with Gasteiger partial charge in [-0.2, -0.15) is 0 Å². The van der Waals surface area contributed by atoms with Crippen molar-refractivity contribution in [3.05, 3.63) is 54.2 Å². The molecule has 2 N–H and O–H groups in total. The molecule has 2 aromatic carbocycles. The molecule has 1 heterocycles. The molecular weight excluding hydrogens is 220 g/mol. The van der Waals surface area contributed by atoms with Gasteiger partial charge in [0.25, 0.3) is 0 Å². The average Bonchev–Trinajstić information content (AvgIpc) is 2.81. The van der Waals surface area contributed by atoms with Crippen molar-refractivity contribution in [2.45, 2.75) is 6.92 Å². The van der Waals surface area contributed by atoms with Crippen LogP contribution in [0.15, 0.2) is 48.7 Å². The summed E-state index contributed by atoms with van der Waals surface area (Å²) in [5.41, 5.74) is 6.11. The van der Waals surface area contributed by atoms with E-state index in [-0.39, 0.29) is 0 Å². The number of fused-ring (bicyclic) bond motifs is 1. The minimum atomic E-state index is 1.13. The zero-order chi connectivity index (χ0) is 12.5. The van der Waals surface area contributed by atoms with Crippen LogP contribution in [-0.4, -0.2) is 12.0 Å². The topological polar surface area (TPSA) is 27.8 Å². The van der Waals surface area contributed by atoms with Gasteiger partial charge in [-0.05, 0) is 30.2 Å². The van der Waals surface area contributed by atoms with Crippen LogP contribution in [0.2, 0.25) is 0 Å². The third kappa shape index (κ3) is 1.66. The van der Waals surface area contributed by atoms with Crippen molar-refractivity contribution >= 4 is 16.6 Å². The Kier molecular flexibility index (Phi) is 2.56. The maximum absolute atomic E-state index is 3.37. The molecular formula is C16H16N2. The highest BCUT2D eigenvalue weighted by atomic mass is 14.8. The zero-order valence-corrected chi connectivity index (χ0v) is 10.6. The molecule has 2 nitrogen and oxygen atoms in total. The van der Waals surface area contributed by atoms with Crippen LogP contribution in [0.25, 0.3) is 22.0 Å². The van der Waals surface area contributed by atoms with Gasteiger partial charge in [0.05, 0.1) is 5.52 Å². The summed E-state index contributed by atoms with van der Waals surface area (Å²) >= 11 is 0. The van der Waals surface area contributed by atoms with Crippen molar-refractivity contribution in [1.82, 2.24) is 4.98 Å². The molecule has 0 bridgehead atoms. The van der Waals surface area contributed by atoms with Gasteiger partial charge in [-0.15, -0.1) is 0 Å². The molecule has 0 saturated heterocycles. The minimum absolute atomic E-state index is 1.13. The van der Waals surface area contributed by atoms with Crippen molar-refractivity contribution in [1.29, 1.82) is 0 Å². The van der Waals surface area contributed by atoms with Gasteiger partial charge in [0.1, 0.15) is 0 Å². The highest BCUT2D eigenvalue weighted by Crippen LogP contribution is 2.30. The second kappa shape index (κ2) is 4.22. The molecule has 0 aliphatic rings. The van der Waals surface area contributed by atoms with E-state index in [0.717, 1.165) is 5.69 Å². The standard InChI is InChI=1S/C16H16N2/c1-11-10-18-16-14(11)7-4-8-15(16)12-5-3-6-13(9-12)17-2/h3-10,17-18H,1-2H3. The van der Waals surface area contributed by atoms with Crippen LogP contribution >= 0.6 is 0 Å². The molecule has 0 aliphatic heterocycles. The fraction of sp³-hybridized carbons (Fsp3) is 0.125. The normalized spacial score (nSPS) is 10.8. The molecule has 3 aromatic rings. The lowest BCUT2D eigenvalue weighted by atomic mass is 10.0. The van der Waals surface area contributed by atoms with Crippen molar-refractivity contribution < 1.29 is 0 Å². The van der Waals surface area contributed by atoms with Gasteiger partial charge in [-0.1, -0.05) is 30.3 Å². The number of rotatable bonds is 2.